The maximum Gasteiger partial charge on any atom is 0.355 e. The fraction of sp³-hybridized carbons (Fsp3) is 0.333. The first-order valence-electron chi connectivity index (χ1n) is 5.04. The Labute approximate surface area is 94.5 Å². The van der Waals surface area contributed by atoms with Crippen molar-refractivity contribution in [1.29, 1.82) is 5.26 Å². The van der Waals surface area contributed by atoms with Gasteiger partial charge < -0.3 is 9.72 Å². The lowest BCUT2D eigenvalue weighted by molar-refractivity contribution is 0.0519. The number of H-pyrrole nitrogens is 1. The Bertz CT molecular complexity index is 464. The van der Waals surface area contributed by atoms with Crippen LogP contribution in [0.1, 0.15) is 34.2 Å². The first-order chi connectivity index (χ1) is 7.61. The molecule has 0 unspecified atom stereocenters. The number of esters is 1. The molecule has 0 atom stereocenters. The SMILES string of the molecule is CCOC(=O)c1[nH]c(C)c(C=CC#N)c1C. The smallest absolute Gasteiger partial charge is 0.355 e. The van der Waals surface area contributed by atoms with Gasteiger partial charge in [-0.2, -0.15) is 5.26 Å². The van der Waals surface area contributed by atoms with Crippen molar-refractivity contribution < 1.29 is 9.53 Å². The summed E-state index contributed by atoms with van der Waals surface area (Å²) in [7, 11) is 0. The molecule has 0 aliphatic carbocycles. The highest BCUT2D eigenvalue weighted by Gasteiger charge is 2.16. The number of hydrogen-bond acceptors (Lipinski definition) is 3. The van der Waals surface area contributed by atoms with Crippen LogP contribution in [-0.4, -0.2) is 17.6 Å². The fourth-order valence-corrected chi connectivity index (χ4v) is 1.54. The number of ether oxygens (including phenoxy) is 1. The topological polar surface area (TPSA) is 65.9 Å². The van der Waals surface area contributed by atoms with E-state index >= 15 is 0 Å². The highest BCUT2D eigenvalue weighted by molar-refractivity contribution is 5.90. The van der Waals surface area contributed by atoms with Gasteiger partial charge in [-0.05, 0) is 38.0 Å². The predicted octanol–water partition coefficient (Wildman–Crippen LogP) is 2.35. The van der Waals surface area contributed by atoms with Crippen LogP contribution in [0.2, 0.25) is 0 Å². The summed E-state index contributed by atoms with van der Waals surface area (Å²) in [6.45, 7) is 5.79. The van der Waals surface area contributed by atoms with Crippen LogP contribution in [0.15, 0.2) is 6.08 Å². The van der Waals surface area contributed by atoms with Gasteiger partial charge in [0, 0.05) is 11.8 Å². The van der Waals surface area contributed by atoms with Crippen LogP contribution >= 0.6 is 0 Å². The molecule has 1 rings (SSSR count). The lowest BCUT2D eigenvalue weighted by Crippen LogP contribution is -2.06. The molecule has 0 saturated carbocycles. The zero-order valence-corrected chi connectivity index (χ0v) is 9.63. The van der Waals surface area contributed by atoms with Crippen molar-refractivity contribution in [2.24, 2.45) is 0 Å². The highest BCUT2D eigenvalue weighted by Crippen LogP contribution is 2.19. The van der Waals surface area contributed by atoms with E-state index in [1.165, 1.54) is 6.08 Å². The molecule has 0 radical (unpaired) electrons. The largest absolute Gasteiger partial charge is 0.461 e. The quantitative estimate of drug-likeness (QED) is 0.625. The number of carbonyl (C=O) groups excluding carboxylic acids is 1. The van der Waals surface area contributed by atoms with Gasteiger partial charge >= 0.3 is 5.97 Å². The van der Waals surface area contributed by atoms with E-state index in [4.69, 9.17) is 10.00 Å². The third kappa shape index (κ3) is 2.31. The molecule has 0 aromatic carbocycles. The van der Waals surface area contributed by atoms with Crippen molar-refractivity contribution in [2.75, 3.05) is 6.61 Å². The summed E-state index contributed by atoms with van der Waals surface area (Å²) < 4.78 is 4.92. The minimum absolute atomic E-state index is 0.347. The number of allylic oxidation sites excluding steroid dienone is 1. The van der Waals surface area contributed by atoms with Crippen LogP contribution in [-0.2, 0) is 4.74 Å². The van der Waals surface area contributed by atoms with Gasteiger partial charge in [-0.1, -0.05) is 0 Å². The summed E-state index contributed by atoms with van der Waals surface area (Å²) in [6.07, 6.45) is 3.07. The van der Waals surface area contributed by atoms with Gasteiger partial charge in [0.05, 0.1) is 12.7 Å². The molecular formula is C12H14N2O2. The summed E-state index contributed by atoms with van der Waals surface area (Å²) in [4.78, 5) is 14.5. The molecule has 4 nitrogen and oxygen atoms in total. The summed E-state index contributed by atoms with van der Waals surface area (Å²) in [5, 5.41) is 8.47. The van der Waals surface area contributed by atoms with E-state index < -0.39 is 0 Å². The van der Waals surface area contributed by atoms with Crippen molar-refractivity contribution in [2.45, 2.75) is 20.8 Å². The summed E-state index contributed by atoms with van der Waals surface area (Å²) in [5.41, 5.74) is 2.98. The van der Waals surface area contributed by atoms with Crippen LogP contribution in [0.3, 0.4) is 0 Å². The predicted molar refractivity (Wildman–Crippen MR) is 60.9 cm³/mol. The van der Waals surface area contributed by atoms with E-state index in [0.29, 0.717) is 12.3 Å². The van der Waals surface area contributed by atoms with Gasteiger partial charge in [-0.25, -0.2) is 4.79 Å². The van der Waals surface area contributed by atoms with E-state index in [9.17, 15) is 4.79 Å². The maximum absolute atomic E-state index is 11.6. The van der Waals surface area contributed by atoms with Crippen molar-refractivity contribution in [3.8, 4) is 6.07 Å². The van der Waals surface area contributed by atoms with Gasteiger partial charge in [0.25, 0.3) is 0 Å². The number of hydrogen-bond donors (Lipinski definition) is 1. The number of nitrogens with zero attached hydrogens (tertiary/aromatic N) is 1. The highest BCUT2D eigenvalue weighted by atomic mass is 16.5. The summed E-state index contributed by atoms with van der Waals surface area (Å²) >= 11 is 0. The Balaban J connectivity index is 3.12. The number of aromatic amines is 1. The Morgan fingerprint density at radius 3 is 2.81 bits per heavy atom. The first kappa shape index (κ1) is 12.1. The number of aromatic nitrogens is 1. The second-order valence-corrected chi connectivity index (χ2v) is 3.35. The monoisotopic (exact) mass is 218 g/mol. The molecule has 1 heterocycles. The van der Waals surface area contributed by atoms with Crippen LogP contribution in [0.25, 0.3) is 6.08 Å². The third-order valence-corrected chi connectivity index (χ3v) is 2.30. The number of nitrogens with one attached hydrogen (secondary N) is 1. The van der Waals surface area contributed by atoms with E-state index in [0.717, 1.165) is 16.8 Å². The van der Waals surface area contributed by atoms with Crippen LogP contribution in [0.5, 0.6) is 0 Å². The lowest BCUT2D eigenvalue weighted by atomic mass is 10.1. The molecule has 84 valence electrons. The number of aryl methyl sites for hydroxylation is 1. The minimum atomic E-state index is -0.361. The van der Waals surface area contributed by atoms with Crippen LogP contribution < -0.4 is 0 Å². The second kappa shape index (κ2) is 5.17. The summed E-state index contributed by atoms with van der Waals surface area (Å²) in [6, 6.07) is 1.92. The molecule has 0 aliphatic heterocycles. The Morgan fingerprint density at radius 2 is 2.25 bits per heavy atom. The molecule has 0 spiro atoms. The standard InChI is InChI=1S/C12H14N2O2/c1-4-16-12(15)11-8(2)10(6-5-7-13)9(3)14-11/h5-6,14H,4H2,1-3H3. The fourth-order valence-electron chi connectivity index (χ4n) is 1.54. The van der Waals surface area contributed by atoms with Crippen molar-refractivity contribution in [1.82, 2.24) is 4.98 Å². The third-order valence-electron chi connectivity index (χ3n) is 2.30. The number of rotatable bonds is 3. The number of carbonyl (C=O) groups is 1. The zero-order chi connectivity index (χ0) is 12.1. The molecule has 4 heteroatoms. The minimum Gasteiger partial charge on any atom is -0.461 e. The molecular weight excluding hydrogens is 204 g/mol. The van der Waals surface area contributed by atoms with Crippen LogP contribution in [0, 0.1) is 25.2 Å². The number of nitriles is 1. The van der Waals surface area contributed by atoms with Crippen molar-refractivity contribution in [3.05, 3.63) is 28.6 Å². The van der Waals surface area contributed by atoms with E-state index in [-0.39, 0.29) is 5.97 Å². The van der Waals surface area contributed by atoms with Gasteiger partial charge in [0.2, 0.25) is 0 Å². The molecule has 1 aromatic rings. The van der Waals surface area contributed by atoms with Crippen LogP contribution in [0.4, 0.5) is 0 Å². The average molecular weight is 218 g/mol. The second-order valence-electron chi connectivity index (χ2n) is 3.35. The molecule has 0 aliphatic rings. The average Bonchev–Trinajstić information content (AvgIpc) is 2.53. The Morgan fingerprint density at radius 1 is 1.56 bits per heavy atom. The van der Waals surface area contributed by atoms with E-state index in [1.807, 2.05) is 19.9 Å². The van der Waals surface area contributed by atoms with Crippen molar-refractivity contribution >= 4 is 12.0 Å². The van der Waals surface area contributed by atoms with Gasteiger partial charge in [0.1, 0.15) is 5.69 Å². The molecule has 16 heavy (non-hydrogen) atoms. The lowest BCUT2D eigenvalue weighted by Gasteiger charge is -2.00. The van der Waals surface area contributed by atoms with Gasteiger partial charge in [-0.15, -0.1) is 0 Å². The maximum atomic E-state index is 11.6. The molecule has 0 bridgehead atoms. The molecule has 0 amide bonds. The van der Waals surface area contributed by atoms with E-state index in [1.54, 1.807) is 13.0 Å². The summed E-state index contributed by atoms with van der Waals surface area (Å²) in [5.74, 6) is -0.361. The molecule has 1 aromatic heterocycles. The zero-order valence-electron chi connectivity index (χ0n) is 9.63. The molecule has 0 fully saturated rings. The first-order valence-corrected chi connectivity index (χ1v) is 5.04. The Hall–Kier alpha value is -2.02. The Kier molecular flexibility index (Phi) is 3.90. The normalized spacial score (nSPS) is 10.4. The molecule has 0 saturated heterocycles. The van der Waals surface area contributed by atoms with Gasteiger partial charge in [0.15, 0.2) is 0 Å². The van der Waals surface area contributed by atoms with Crippen molar-refractivity contribution in [3.63, 3.8) is 0 Å². The molecule has 1 N–H and O–H groups in total. The van der Waals surface area contributed by atoms with E-state index in [2.05, 4.69) is 4.98 Å². The van der Waals surface area contributed by atoms with Gasteiger partial charge in [-0.3, -0.25) is 0 Å².